The van der Waals surface area contributed by atoms with E-state index in [9.17, 15) is 17.2 Å². The summed E-state index contributed by atoms with van der Waals surface area (Å²) in [5.41, 5.74) is -0.633. The highest BCUT2D eigenvalue weighted by Crippen LogP contribution is 2.27. The molecule has 0 spiro atoms. The van der Waals surface area contributed by atoms with Crippen LogP contribution in [0.5, 0.6) is 0 Å². The molecule has 0 unspecified atom stereocenters. The van der Waals surface area contributed by atoms with Crippen molar-refractivity contribution in [3.8, 4) is 0 Å². The molecule has 0 saturated heterocycles. The Bertz CT molecular complexity index is 766. The fourth-order valence-electron chi connectivity index (χ4n) is 1.50. The molecule has 0 aliphatic heterocycles. The van der Waals surface area contributed by atoms with Gasteiger partial charge in [0.2, 0.25) is 0 Å². The molecular weight excluding hydrogens is 310 g/mol. The first-order valence-electron chi connectivity index (χ1n) is 5.40. The second-order valence-electron chi connectivity index (χ2n) is 3.96. The van der Waals surface area contributed by atoms with Gasteiger partial charge in [-0.1, -0.05) is 17.7 Å². The van der Waals surface area contributed by atoms with Gasteiger partial charge in [-0.2, -0.15) is 0 Å². The van der Waals surface area contributed by atoms with Crippen LogP contribution in [-0.2, 0) is 10.0 Å². The van der Waals surface area contributed by atoms with Gasteiger partial charge in [0.1, 0.15) is 16.4 Å². The second-order valence-corrected chi connectivity index (χ2v) is 6.02. The van der Waals surface area contributed by atoms with Crippen LogP contribution in [0, 0.1) is 18.6 Å². The molecule has 2 aromatic rings. The molecule has 2 rings (SSSR count). The van der Waals surface area contributed by atoms with Crippen LogP contribution in [0.3, 0.4) is 0 Å². The Hall–Kier alpha value is -1.73. The minimum Gasteiger partial charge on any atom is -0.274 e. The van der Waals surface area contributed by atoms with Crippen LogP contribution in [0.2, 0.25) is 5.02 Å². The van der Waals surface area contributed by atoms with Crippen LogP contribution >= 0.6 is 11.6 Å². The zero-order chi connectivity index (χ0) is 14.9. The van der Waals surface area contributed by atoms with E-state index in [2.05, 4.69) is 4.98 Å². The number of hydrogen-bond donors (Lipinski definition) is 1. The number of pyridine rings is 1. The van der Waals surface area contributed by atoms with Gasteiger partial charge in [-0.25, -0.2) is 17.2 Å². The lowest BCUT2D eigenvalue weighted by Crippen LogP contribution is -2.16. The van der Waals surface area contributed by atoms with E-state index in [1.807, 2.05) is 4.72 Å². The fourth-order valence-corrected chi connectivity index (χ4v) is 3.00. The maximum atomic E-state index is 13.8. The van der Waals surface area contributed by atoms with Crippen LogP contribution in [0.15, 0.2) is 35.5 Å². The van der Waals surface area contributed by atoms with Crippen LogP contribution in [0.25, 0.3) is 0 Å². The van der Waals surface area contributed by atoms with Gasteiger partial charge in [0.05, 0.1) is 5.02 Å². The Morgan fingerprint density at radius 1 is 1.25 bits per heavy atom. The van der Waals surface area contributed by atoms with E-state index >= 15 is 0 Å². The molecule has 20 heavy (non-hydrogen) atoms. The number of aryl methyl sites for hydroxylation is 1. The molecule has 4 nitrogen and oxygen atoms in total. The van der Waals surface area contributed by atoms with Gasteiger partial charge >= 0.3 is 0 Å². The Morgan fingerprint density at radius 2 is 1.95 bits per heavy atom. The zero-order valence-electron chi connectivity index (χ0n) is 10.2. The van der Waals surface area contributed by atoms with Crippen molar-refractivity contribution in [1.82, 2.24) is 4.98 Å². The van der Waals surface area contributed by atoms with E-state index in [1.54, 1.807) is 0 Å². The van der Waals surface area contributed by atoms with Crippen molar-refractivity contribution in [1.29, 1.82) is 0 Å². The monoisotopic (exact) mass is 318 g/mol. The van der Waals surface area contributed by atoms with Crippen molar-refractivity contribution in [2.45, 2.75) is 11.8 Å². The van der Waals surface area contributed by atoms with Gasteiger partial charge < -0.3 is 0 Å². The summed E-state index contributed by atoms with van der Waals surface area (Å²) in [6.45, 7) is 1.39. The van der Waals surface area contributed by atoms with Gasteiger partial charge in [0.15, 0.2) is 5.82 Å². The highest BCUT2D eigenvalue weighted by atomic mass is 35.5. The standard InChI is InChI=1S/C12H9ClF2N2O2S/c1-7-2-3-9(14)12(11(7)15)17-20(18,19)10-6-16-5-4-8(10)13/h2-6,17H,1H3. The van der Waals surface area contributed by atoms with Gasteiger partial charge in [-0.3, -0.25) is 9.71 Å². The molecule has 1 heterocycles. The molecule has 8 heteroatoms. The van der Waals surface area contributed by atoms with Crippen molar-refractivity contribution < 1.29 is 17.2 Å². The molecule has 0 fully saturated rings. The lowest BCUT2D eigenvalue weighted by molar-refractivity contribution is 0.578. The topological polar surface area (TPSA) is 59.1 Å². The van der Waals surface area contributed by atoms with E-state index in [0.29, 0.717) is 0 Å². The van der Waals surface area contributed by atoms with E-state index in [-0.39, 0.29) is 15.5 Å². The first-order chi connectivity index (χ1) is 9.33. The molecule has 0 bridgehead atoms. The van der Waals surface area contributed by atoms with Crippen LogP contribution in [-0.4, -0.2) is 13.4 Å². The third kappa shape index (κ3) is 2.73. The number of nitrogens with one attached hydrogen (secondary N) is 1. The Kier molecular flexibility index (Phi) is 3.92. The average Bonchev–Trinajstić information content (AvgIpc) is 2.39. The molecule has 0 atom stereocenters. The summed E-state index contributed by atoms with van der Waals surface area (Å²) in [6, 6.07) is 3.44. The number of hydrogen-bond acceptors (Lipinski definition) is 3. The largest absolute Gasteiger partial charge is 0.274 e. The number of benzene rings is 1. The summed E-state index contributed by atoms with van der Waals surface area (Å²) < 4.78 is 53.3. The predicted molar refractivity (Wildman–Crippen MR) is 71.2 cm³/mol. The Labute approximate surface area is 119 Å². The lowest BCUT2D eigenvalue weighted by Gasteiger charge is -2.11. The average molecular weight is 319 g/mol. The van der Waals surface area contributed by atoms with Crippen LogP contribution in [0.1, 0.15) is 5.56 Å². The number of aromatic nitrogens is 1. The zero-order valence-corrected chi connectivity index (χ0v) is 11.8. The minimum atomic E-state index is -4.23. The first-order valence-corrected chi connectivity index (χ1v) is 7.26. The highest BCUT2D eigenvalue weighted by molar-refractivity contribution is 7.92. The van der Waals surface area contributed by atoms with Crippen molar-refractivity contribution in [3.63, 3.8) is 0 Å². The van der Waals surface area contributed by atoms with Gasteiger partial charge in [0.25, 0.3) is 10.0 Å². The number of halogens is 3. The summed E-state index contributed by atoms with van der Waals surface area (Å²) in [4.78, 5) is 3.27. The predicted octanol–water partition coefficient (Wildman–Crippen LogP) is 3.12. The summed E-state index contributed by atoms with van der Waals surface area (Å²) in [5, 5.41) is -0.0963. The number of nitrogens with zero attached hydrogens (tertiary/aromatic N) is 1. The number of anilines is 1. The maximum Gasteiger partial charge on any atom is 0.265 e. The summed E-state index contributed by atoms with van der Waals surface area (Å²) in [7, 11) is -4.23. The Balaban J connectivity index is 2.50. The molecule has 106 valence electrons. The SMILES string of the molecule is Cc1ccc(F)c(NS(=O)(=O)c2cnccc2Cl)c1F. The quantitative estimate of drug-likeness (QED) is 0.946. The van der Waals surface area contributed by atoms with Crippen LogP contribution < -0.4 is 4.72 Å². The molecule has 0 saturated carbocycles. The van der Waals surface area contributed by atoms with Crippen molar-refractivity contribution in [2.24, 2.45) is 0 Å². The minimum absolute atomic E-state index is 0.0963. The molecular formula is C12H9ClF2N2O2S. The van der Waals surface area contributed by atoms with Gasteiger partial charge in [-0.15, -0.1) is 0 Å². The smallest absolute Gasteiger partial charge is 0.265 e. The van der Waals surface area contributed by atoms with E-state index in [1.165, 1.54) is 25.3 Å². The van der Waals surface area contributed by atoms with Crippen molar-refractivity contribution >= 4 is 27.3 Å². The molecule has 0 amide bonds. The first kappa shape index (κ1) is 14.7. The molecule has 0 aliphatic rings. The third-order valence-electron chi connectivity index (χ3n) is 2.54. The molecule has 1 aromatic carbocycles. The molecule has 0 aliphatic carbocycles. The van der Waals surface area contributed by atoms with Gasteiger partial charge in [0, 0.05) is 12.4 Å². The number of sulfonamides is 1. The summed E-state index contributed by atoms with van der Waals surface area (Å²) in [6.07, 6.45) is 2.30. The van der Waals surface area contributed by atoms with Crippen LogP contribution in [0.4, 0.5) is 14.5 Å². The van der Waals surface area contributed by atoms with E-state index < -0.39 is 27.3 Å². The second kappa shape index (κ2) is 5.34. The highest BCUT2D eigenvalue weighted by Gasteiger charge is 2.22. The van der Waals surface area contributed by atoms with Gasteiger partial charge in [-0.05, 0) is 24.6 Å². The number of rotatable bonds is 3. The third-order valence-corrected chi connectivity index (χ3v) is 4.36. The lowest BCUT2D eigenvalue weighted by atomic mass is 10.2. The molecule has 0 radical (unpaired) electrons. The molecule has 1 N–H and O–H groups in total. The normalized spacial score (nSPS) is 11.4. The maximum absolute atomic E-state index is 13.8. The summed E-state index contributed by atoms with van der Waals surface area (Å²) in [5.74, 6) is -2.00. The molecule has 1 aromatic heterocycles. The fraction of sp³-hybridized carbons (Fsp3) is 0.0833. The van der Waals surface area contributed by atoms with Crippen molar-refractivity contribution in [3.05, 3.63) is 52.8 Å². The van der Waals surface area contributed by atoms with E-state index in [4.69, 9.17) is 11.6 Å². The Morgan fingerprint density at radius 3 is 2.60 bits per heavy atom. The van der Waals surface area contributed by atoms with E-state index in [0.717, 1.165) is 12.3 Å². The summed E-state index contributed by atoms with van der Waals surface area (Å²) >= 11 is 5.74. The van der Waals surface area contributed by atoms with Crippen molar-refractivity contribution in [2.75, 3.05) is 4.72 Å².